The van der Waals surface area contributed by atoms with Gasteiger partial charge in [0.2, 0.25) is 0 Å². The third kappa shape index (κ3) is 2.59. The van der Waals surface area contributed by atoms with Crippen LogP contribution in [0, 0.1) is 24.5 Å². The standard InChI is InChI=1S/C16H23F2NO/c1-10-5-4-8-16(9-10,20-3)15(19)12-7-6-11(2)13(17)14(12)18/h6-7,10,15H,4-5,8-9,19H2,1-3H3. The van der Waals surface area contributed by atoms with Gasteiger partial charge < -0.3 is 10.5 Å². The summed E-state index contributed by atoms with van der Waals surface area (Å²) >= 11 is 0. The lowest BCUT2D eigenvalue weighted by atomic mass is 9.73. The summed E-state index contributed by atoms with van der Waals surface area (Å²) in [5, 5.41) is 0. The first-order chi connectivity index (χ1) is 9.41. The first-order valence-corrected chi connectivity index (χ1v) is 7.16. The molecule has 1 aliphatic carbocycles. The predicted octanol–water partition coefficient (Wildman–Crippen LogP) is 3.87. The fourth-order valence-electron chi connectivity index (χ4n) is 3.32. The Bertz CT molecular complexity index is 492. The molecule has 0 amide bonds. The number of methoxy groups -OCH3 is 1. The van der Waals surface area contributed by atoms with Gasteiger partial charge in [-0.15, -0.1) is 0 Å². The van der Waals surface area contributed by atoms with E-state index in [-0.39, 0.29) is 5.56 Å². The van der Waals surface area contributed by atoms with Crippen molar-refractivity contribution in [3.05, 3.63) is 34.9 Å². The van der Waals surface area contributed by atoms with Gasteiger partial charge in [0, 0.05) is 12.7 Å². The summed E-state index contributed by atoms with van der Waals surface area (Å²) in [6.45, 7) is 3.69. The highest BCUT2D eigenvalue weighted by atomic mass is 19.2. The van der Waals surface area contributed by atoms with Crippen LogP contribution in [0.5, 0.6) is 0 Å². The minimum absolute atomic E-state index is 0.212. The van der Waals surface area contributed by atoms with Crippen LogP contribution in [0.2, 0.25) is 0 Å². The second kappa shape index (κ2) is 5.78. The maximum Gasteiger partial charge on any atom is 0.163 e. The Morgan fingerprint density at radius 3 is 2.65 bits per heavy atom. The van der Waals surface area contributed by atoms with Crippen LogP contribution in [0.1, 0.15) is 49.8 Å². The lowest BCUT2D eigenvalue weighted by Crippen LogP contribution is -2.46. The van der Waals surface area contributed by atoms with Crippen LogP contribution in [0.15, 0.2) is 12.1 Å². The molecule has 1 aromatic rings. The number of aryl methyl sites for hydroxylation is 1. The highest BCUT2D eigenvalue weighted by Crippen LogP contribution is 2.42. The number of ether oxygens (including phenoxy) is 1. The van der Waals surface area contributed by atoms with Gasteiger partial charge in [0.25, 0.3) is 0 Å². The molecule has 112 valence electrons. The molecular weight excluding hydrogens is 260 g/mol. The molecule has 1 aromatic carbocycles. The molecule has 0 aromatic heterocycles. The van der Waals surface area contributed by atoms with E-state index in [1.807, 2.05) is 0 Å². The van der Waals surface area contributed by atoms with Gasteiger partial charge in [-0.25, -0.2) is 8.78 Å². The van der Waals surface area contributed by atoms with Gasteiger partial charge in [-0.1, -0.05) is 31.9 Å². The molecule has 2 nitrogen and oxygen atoms in total. The van der Waals surface area contributed by atoms with Crippen molar-refractivity contribution >= 4 is 0 Å². The maximum absolute atomic E-state index is 14.2. The van der Waals surface area contributed by atoms with E-state index in [9.17, 15) is 8.78 Å². The molecule has 1 saturated carbocycles. The highest BCUT2D eigenvalue weighted by Gasteiger charge is 2.42. The molecule has 2 N–H and O–H groups in total. The minimum atomic E-state index is -0.841. The number of nitrogens with two attached hydrogens (primary N) is 1. The number of rotatable bonds is 3. The highest BCUT2D eigenvalue weighted by molar-refractivity contribution is 5.29. The topological polar surface area (TPSA) is 35.2 Å². The second-order valence-electron chi connectivity index (χ2n) is 6.05. The first-order valence-electron chi connectivity index (χ1n) is 7.16. The summed E-state index contributed by atoms with van der Waals surface area (Å²) in [5.41, 5.74) is 6.17. The summed E-state index contributed by atoms with van der Waals surface area (Å²) in [6.07, 6.45) is 3.69. The van der Waals surface area contributed by atoms with Crippen LogP contribution in [0.4, 0.5) is 8.78 Å². The molecular formula is C16H23F2NO. The van der Waals surface area contributed by atoms with Crippen molar-refractivity contribution in [2.24, 2.45) is 11.7 Å². The molecule has 3 atom stereocenters. The minimum Gasteiger partial charge on any atom is -0.376 e. The molecule has 20 heavy (non-hydrogen) atoms. The molecule has 1 aliphatic rings. The molecule has 0 saturated heterocycles. The molecule has 1 fully saturated rings. The van der Waals surface area contributed by atoms with Gasteiger partial charge in [-0.3, -0.25) is 0 Å². The van der Waals surface area contributed by atoms with E-state index in [0.29, 0.717) is 11.5 Å². The largest absolute Gasteiger partial charge is 0.376 e. The Balaban J connectivity index is 2.38. The Hall–Kier alpha value is -1.00. The monoisotopic (exact) mass is 283 g/mol. The van der Waals surface area contributed by atoms with Crippen molar-refractivity contribution in [1.82, 2.24) is 0 Å². The van der Waals surface area contributed by atoms with Crippen LogP contribution < -0.4 is 5.73 Å². The van der Waals surface area contributed by atoms with Crippen LogP contribution in [0.3, 0.4) is 0 Å². The second-order valence-corrected chi connectivity index (χ2v) is 6.05. The van der Waals surface area contributed by atoms with Crippen molar-refractivity contribution < 1.29 is 13.5 Å². The molecule has 0 bridgehead atoms. The van der Waals surface area contributed by atoms with Crippen LogP contribution >= 0.6 is 0 Å². The van der Waals surface area contributed by atoms with E-state index in [0.717, 1.165) is 25.7 Å². The third-order valence-corrected chi connectivity index (χ3v) is 4.60. The zero-order valence-corrected chi connectivity index (χ0v) is 12.4. The van der Waals surface area contributed by atoms with Crippen molar-refractivity contribution in [3.8, 4) is 0 Å². The molecule has 4 heteroatoms. The Morgan fingerprint density at radius 1 is 1.35 bits per heavy atom. The van der Waals surface area contributed by atoms with E-state index >= 15 is 0 Å². The van der Waals surface area contributed by atoms with Crippen LogP contribution in [-0.2, 0) is 4.74 Å². The Labute approximate surface area is 119 Å². The number of hydrogen-bond acceptors (Lipinski definition) is 2. The third-order valence-electron chi connectivity index (χ3n) is 4.60. The number of halogens is 2. The van der Waals surface area contributed by atoms with Gasteiger partial charge in [0.1, 0.15) is 0 Å². The summed E-state index contributed by atoms with van der Waals surface area (Å²) < 4.78 is 33.6. The van der Waals surface area contributed by atoms with E-state index in [2.05, 4.69) is 6.92 Å². The van der Waals surface area contributed by atoms with Crippen molar-refractivity contribution in [2.45, 2.75) is 51.2 Å². The van der Waals surface area contributed by atoms with Gasteiger partial charge in [-0.2, -0.15) is 0 Å². The number of benzene rings is 1. The molecule has 0 heterocycles. The summed E-state index contributed by atoms with van der Waals surface area (Å²) in [4.78, 5) is 0. The fraction of sp³-hybridized carbons (Fsp3) is 0.625. The Morgan fingerprint density at radius 2 is 2.05 bits per heavy atom. The quantitative estimate of drug-likeness (QED) is 0.914. The zero-order valence-electron chi connectivity index (χ0n) is 12.4. The van der Waals surface area contributed by atoms with Crippen LogP contribution in [-0.4, -0.2) is 12.7 Å². The summed E-state index contributed by atoms with van der Waals surface area (Å²) in [7, 11) is 1.61. The van der Waals surface area contributed by atoms with E-state index in [1.54, 1.807) is 26.2 Å². The van der Waals surface area contributed by atoms with Crippen molar-refractivity contribution in [3.63, 3.8) is 0 Å². The average molecular weight is 283 g/mol. The van der Waals surface area contributed by atoms with Crippen molar-refractivity contribution in [1.29, 1.82) is 0 Å². The zero-order chi connectivity index (χ0) is 14.9. The van der Waals surface area contributed by atoms with Gasteiger partial charge >= 0.3 is 0 Å². The van der Waals surface area contributed by atoms with Gasteiger partial charge in [0.05, 0.1) is 11.6 Å². The molecule has 0 aliphatic heterocycles. The van der Waals surface area contributed by atoms with Crippen molar-refractivity contribution in [2.75, 3.05) is 7.11 Å². The normalized spacial score (nSPS) is 28.4. The first kappa shape index (κ1) is 15.4. The Kier molecular flexibility index (Phi) is 4.45. The van der Waals surface area contributed by atoms with Gasteiger partial charge in [-0.05, 0) is 31.2 Å². The van der Waals surface area contributed by atoms with E-state index in [1.165, 1.54) is 0 Å². The summed E-state index contributed by atoms with van der Waals surface area (Å²) in [6, 6.07) is 2.51. The molecule has 2 rings (SSSR count). The molecule has 0 spiro atoms. The van der Waals surface area contributed by atoms with Crippen LogP contribution in [0.25, 0.3) is 0 Å². The smallest absolute Gasteiger partial charge is 0.163 e. The fourth-order valence-corrected chi connectivity index (χ4v) is 3.32. The lowest BCUT2D eigenvalue weighted by molar-refractivity contribution is -0.0725. The number of hydrogen-bond donors (Lipinski definition) is 1. The average Bonchev–Trinajstić information content (AvgIpc) is 2.44. The molecule has 0 radical (unpaired) electrons. The van der Waals surface area contributed by atoms with E-state index < -0.39 is 23.3 Å². The van der Waals surface area contributed by atoms with Gasteiger partial charge in [0.15, 0.2) is 11.6 Å². The lowest BCUT2D eigenvalue weighted by Gasteiger charge is -2.43. The SMILES string of the molecule is COC1(C(N)c2ccc(C)c(F)c2F)CCCC(C)C1. The molecule has 3 unspecified atom stereocenters. The predicted molar refractivity (Wildman–Crippen MR) is 75.4 cm³/mol. The van der Waals surface area contributed by atoms with E-state index in [4.69, 9.17) is 10.5 Å². The summed E-state index contributed by atoms with van der Waals surface area (Å²) in [5.74, 6) is -1.17. The maximum atomic E-state index is 14.2.